The van der Waals surface area contributed by atoms with Gasteiger partial charge in [0.2, 0.25) is 11.9 Å². The summed E-state index contributed by atoms with van der Waals surface area (Å²) in [5.41, 5.74) is 0. The zero-order valence-corrected chi connectivity index (χ0v) is 10.5. The SMILES string of the molecule is CC(C)CC(C(=O)Nc1ncn[nH]1)n1cccc1. The van der Waals surface area contributed by atoms with E-state index >= 15 is 0 Å². The van der Waals surface area contributed by atoms with E-state index in [9.17, 15) is 4.79 Å². The van der Waals surface area contributed by atoms with Crippen molar-refractivity contribution < 1.29 is 4.79 Å². The number of hydrogen-bond donors (Lipinski definition) is 2. The van der Waals surface area contributed by atoms with Gasteiger partial charge in [-0.3, -0.25) is 10.1 Å². The van der Waals surface area contributed by atoms with Crippen molar-refractivity contribution in [3.05, 3.63) is 30.9 Å². The van der Waals surface area contributed by atoms with Crippen LogP contribution in [0.2, 0.25) is 0 Å². The fourth-order valence-corrected chi connectivity index (χ4v) is 1.83. The number of anilines is 1. The summed E-state index contributed by atoms with van der Waals surface area (Å²) in [6.07, 6.45) is 5.93. The number of aromatic amines is 1. The summed E-state index contributed by atoms with van der Waals surface area (Å²) in [6, 6.07) is 3.59. The van der Waals surface area contributed by atoms with Gasteiger partial charge < -0.3 is 4.57 Å². The van der Waals surface area contributed by atoms with Gasteiger partial charge in [0.15, 0.2) is 0 Å². The molecule has 2 N–H and O–H groups in total. The monoisotopic (exact) mass is 247 g/mol. The molecule has 6 heteroatoms. The third-order valence-electron chi connectivity index (χ3n) is 2.64. The number of nitrogens with one attached hydrogen (secondary N) is 2. The van der Waals surface area contributed by atoms with Crippen LogP contribution in [0, 0.1) is 5.92 Å². The normalized spacial score (nSPS) is 12.6. The van der Waals surface area contributed by atoms with Gasteiger partial charge in [-0.15, -0.1) is 0 Å². The van der Waals surface area contributed by atoms with E-state index in [2.05, 4.69) is 34.3 Å². The van der Waals surface area contributed by atoms with Crippen LogP contribution < -0.4 is 5.32 Å². The van der Waals surface area contributed by atoms with Gasteiger partial charge in [0.1, 0.15) is 12.4 Å². The molecule has 0 radical (unpaired) electrons. The first-order valence-corrected chi connectivity index (χ1v) is 5.95. The molecule has 2 heterocycles. The van der Waals surface area contributed by atoms with Gasteiger partial charge in [-0.2, -0.15) is 10.1 Å². The fourth-order valence-electron chi connectivity index (χ4n) is 1.83. The van der Waals surface area contributed by atoms with Gasteiger partial charge in [-0.1, -0.05) is 13.8 Å². The van der Waals surface area contributed by atoms with Crippen LogP contribution in [0.1, 0.15) is 26.3 Å². The second kappa shape index (κ2) is 5.48. The van der Waals surface area contributed by atoms with E-state index in [1.165, 1.54) is 6.33 Å². The van der Waals surface area contributed by atoms with Crippen LogP contribution >= 0.6 is 0 Å². The zero-order valence-electron chi connectivity index (χ0n) is 10.5. The van der Waals surface area contributed by atoms with Crippen LogP contribution in [0.15, 0.2) is 30.9 Å². The summed E-state index contributed by atoms with van der Waals surface area (Å²) in [4.78, 5) is 16.1. The van der Waals surface area contributed by atoms with E-state index < -0.39 is 0 Å². The first-order valence-electron chi connectivity index (χ1n) is 5.95. The first-order chi connectivity index (χ1) is 8.66. The highest BCUT2D eigenvalue weighted by Crippen LogP contribution is 2.19. The Morgan fingerprint density at radius 2 is 2.17 bits per heavy atom. The highest BCUT2D eigenvalue weighted by Gasteiger charge is 2.21. The van der Waals surface area contributed by atoms with E-state index in [1.807, 2.05) is 29.1 Å². The Labute approximate surface area is 105 Å². The lowest BCUT2D eigenvalue weighted by atomic mass is 10.0. The van der Waals surface area contributed by atoms with Crippen molar-refractivity contribution in [3.63, 3.8) is 0 Å². The van der Waals surface area contributed by atoms with Crippen LogP contribution in [0.25, 0.3) is 0 Å². The third kappa shape index (κ3) is 2.97. The lowest BCUT2D eigenvalue weighted by Crippen LogP contribution is -2.27. The van der Waals surface area contributed by atoms with Gasteiger partial charge in [-0.05, 0) is 24.5 Å². The van der Waals surface area contributed by atoms with Crippen molar-refractivity contribution in [1.29, 1.82) is 0 Å². The lowest BCUT2D eigenvalue weighted by Gasteiger charge is -2.19. The molecular formula is C12H17N5O. The second-order valence-electron chi connectivity index (χ2n) is 4.60. The predicted octanol–water partition coefficient (Wildman–Crippen LogP) is 1.83. The molecule has 0 aliphatic carbocycles. The summed E-state index contributed by atoms with van der Waals surface area (Å²) in [6.45, 7) is 4.19. The van der Waals surface area contributed by atoms with Gasteiger partial charge in [0.25, 0.3) is 0 Å². The number of H-pyrrole nitrogens is 1. The molecule has 1 unspecified atom stereocenters. The van der Waals surface area contributed by atoms with E-state index in [1.54, 1.807) is 0 Å². The van der Waals surface area contributed by atoms with Crippen LogP contribution in [0.4, 0.5) is 5.95 Å². The van der Waals surface area contributed by atoms with Crippen molar-refractivity contribution in [2.75, 3.05) is 5.32 Å². The maximum atomic E-state index is 12.2. The number of nitrogens with zero attached hydrogens (tertiary/aromatic N) is 3. The first kappa shape index (κ1) is 12.3. The molecule has 0 aliphatic heterocycles. The molecule has 18 heavy (non-hydrogen) atoms. The molecule has 0 saturated heterocycles. The Morgan fingerprint density at radius 3 is 2.72 bits per heavy atom. The molecule has 0 bridgehead atoms. The fraction of sp³-hybridized carbons (Fsp3) is 0.417. The minimum absolute atomic E-state index is 0.0864. The molecule has 96 valence electrons. The molecule has 6 nitrogen and oxygen atoms in total. The maximum Gasteiger partial charge on any atom is 0.249 e. The highest BCUT2D eigenvalue weighted by molar-refractivity contribution is 5.92. The van der Waals surface area contributed by atoms with Crippen LogP contribution in [0.5, 0.6) is 0 Å². The van der Waals surface area contributed by atoms with Crippen LogP contribution in [-0.4, -0.2) is 25.7 Å². The number of carbonyl (C=O) groups excluding carboxylic acids is 1. The Kier molecular flexibility index (Phi) is 3.76. The smallest absolute Gasteiger partial charge is 0.249 e. The third-order valence-corrected chi connectivity index (χ3v) is 2.64. The largest absolute Gasteiger partial charge is 0.342 e. The van der Waals surface area contributed by atoms with Crippen LogP contribution in [0.3, 0.4) is 0 Å². The molecule has 0 aliphatic rings. The Morgan fingerprint density at radius 1 is 1.44 bits per heavy atom. The average molecular weight is 247 g/mol. The molecule has 0 aromatic carbocycles. The summed E-state index contributed by atoms with van der Waals surface area (Å²) < 4.78 is 1.91. The van der Waals surface area contributed by atoms with E-state index in [-0.39, 0.29) is 11.9 Å². The number of amides is 1. The topological polar surface area (TPSA) is 75.6 Å². The second-order valence-corrected chi connectivity index (χ2v) is 4.60. The van der Waals surface area contributed by atoms with Crippen LogP contribution in [-0.2, 0) is 4.79 Å². The molecule has 0 fully saturated rings. The zero-order chi connectivity index (χ0) is 13.0. The quantitative estimate of drug-likeness (QED) is 0.846. The lowest BCUT2D eigenvalue weighted by molar-refractivity contribution is -0.119. The van der Waals surface area contributed by atoms with Gasteiger partial charge in [0.05, 0.1) is 0 Å². The standard InChI is InChI=1S/C12H17N5O/c1-9(2)7-10(17-5-3-4-6-17)11(18)15-12-13-8-14-16-12/h3-6,8-10H,7H2,1-2H3,(H2,13,14,15,16,18). The van der Waals surface area contributed by atoms with Gasteiger partial charge in [-0.25, -0.2) is 5.10 Å². The number of hydrogen-bond acceptors (Lipinski definition) is 3. The Balaban J connectivity index is 2.11. The van der Waals surface area contributed by atoms with Crippen molar-refractivity contribution in [1.82, 2.24) is 19.7 Å². The number of aromatic nitrogens is 4. The minimum atomic E-state index is -0.231. The number of carbonyl (C=O) groups is 1. The van der Waals surface area contributed by atoms with E-state index in [4.69, 9.17) is 0 Å². The maximum absolute atomic E-state index is 12.2. The summed E-state index contributed by atoms with van der Waals surface area (Å²) >= 11 is 0. The molecule has 0 spiro atoms. The summed E-state index contributed by atoms with van der Waals surface area (Å²) in [5, 5.41) is 9.05. The van der Waals surface area contributed by atoms with E-state index in [0.717, 1.165) is 6.42 Å². The predicted molar refractivity (Wildman–Crippen MR) is 67.9 cm³/mol. The number of rotatable bonds is 5. The van der Waals surface area contributed by atoms with Crippen molar-refractivity contribution >= 4 is 11.9 Å². The summed E-state index contributed by atoms with van der Waals surface area (Å²) in [5.74, 6) is 0.718. The molecular weight excluding hydrogens is 230 g/mol. The molecule has 2 aromatic rings. The van der Waals surface area contributed by atoms with Gasteiger partial charge >= 0.3 is 0 Å². The Bertz CT molecular complexity index is 475. The average Bonchev–Trinajstić information content (AvgIpc) is 2.97. The molecule has 1 amide bonds. The van der Waals surface area contributed by atoms with Crippen molar-refractivity contribution in [2.45, 2.75) is 26.3 Å². The van der Waals surface area contributed by atoms with Crippen molar-refractivity contribution in [2.24, 2.45) is 5.92 Å². The molecule has 1 atom stereocenters. The van der Waals surface area contributed by atoms with Crippen molar-refractivity contribution in [3.8, 4) is 0 Å². The highest BCUT2D eigenvalue weighted by atomic mass is 16.2. The molecule has 2 rings (SSSR count). The Hall–Kier alpha value is -2.11. The minimum Gasteiger partial charge on any atom is -0.342 e. The molecule has 0 saturated carbocycles. The van der Waals surface area contributed by atoms with E-state index in [0.29, 0.717) is 11.9 Å². The summed E-state index contributed by atoms with van der Waals surface area (Å²) in [7, 11) is 0. The van der Waals surface area contributed by atoms with Gasteiger partial charge in [0, 0.05) is 12.4 Å². The molecule has 2 aromatic heterocycles.